The van der Waals surface area contributed by atoms with Crippen molar-refractivity contribution in [1.82, 2.24) is 0 Å². The Labute approximate surface area is 393 Å². The van der Waals surface area contributed by atoms with E-state index in [1.807, 2.05) is 6.92 Å². The van der Waals surface area contributed by atoms with E-state index in [0.717, 1.165) is 44.9 Å². The van der Waals surface area contributed by atoms with Gasteiger partial charge in [0.15, 0.2) is 18.9 Å². The summed E-state index contributed by atoms with van der Waals surface area (Å²) in [5, 5.41) is 98.7. The van der Waals surface area contributed by atoms with Crippen molar-refractivity contribution in [2.24, 2.45) is 50.2 Å². The van der Waals surface area contributed by atoms with E-state index >= 15 is 0 Å². The highest BCUT2D eigenvalue weighted by Crippen LogP contribution is 2.76. The molecule has 3 heterocycles. The Morgan fingerprint density at radius 2 is 1.39 bits per heavy atom. The standard InChI is InChI=1S/C49H78O18/c1-23-32(53)39(67-40-35(56)33(54)27(52)20-62-40)37(58)42(63-23)66-38-28(21-61-24(2)51)64-41(36(57)34(38)55)65-31-12-13-45(5)29(46(31,6)22-50)11-14-48(8)30(45)10-9-25-26-19-44(3,4)15-17-49(26,43(59)60)18-16-47(25,48)7/h9,23,26-42,50,52-58H,10-22H2,1-8H3,(H,59,60)/t23-,26+,27+,28+,29+,30-,31+,32-,33-,34+,35+,36+,37+,38+,39+,40+,41-,42+,45+,46+,47-,48-,49+/m1/s1. The van der Waals surface area contributed by atoms with E-state index in [2.05, 4.69) is 40.7 Å². The minimum atomic E-state index is -1.80. The predicted molar refractivity (Wildman–Crippen MR) is 234 cm³/mol. The van der Waals surface area contributed by atoms with Crippen molar-refractivity contribution in [2.45, 2.75) is 212 Å². The van der Waals surface area contributed by atoms with Gasteiger partial charge in [-0.05, 0) is 111 Å². The van der Waals surface area contributed by atoms with E-state index in [9.17, 15) is 55.5 Å². The number of aliphatic carboxylic acids is 1. The van der Waals surface area contributed by atoms with Gasteiger partial charge < -0.3 is 79.1 Å². The van der Waals surface area contributed by atoms with E-state index < -0.39 is 128 Å². The van der Waals surface area contributed by atoms with Gasteiger partial charge in [-0.25, -0.2) is 0 Å². The summed E-state index contributed by atoms with van der Waals surface area (Å²) in [7, 11) is 0. The molecular weight excluding hydrogens is 877 g/mol. The molecule has 0 unspecified atom stereocenters. The van der Waals surface area contributed by atoms with Crippen LogP contribution >= 0.6 is 0 Å². The molecule has 0 aromatic carbocycles. The van der Waals surface area contributed by atoms with Crippen LogP contribution in [0, 0.1) is 50.2 Å². The molecule has 382 valence electrons. The zero-order chi connectivity index (χ0) is 49.0. The molecule has 4 saturated carbocycles. The summed E-state index contributed by atoms with van der Waals surface area (Å²) >= 11 is 0. The highest BCUT2D eigenvalue weighted by atomic mass is 16.8. The van der Waals surface area contributed by atoms with Crippen LogP contribution in [0.5, 0.6) is 0 Å². The van der Waals surface area contributed by atoms with Crippen LogP contribution in [0.1, 0.15) is 120 Å². The van der Waals surface area contributed by atoms with Crippen LogP contribution < -0.4 is 0 Å². The Bertz CT molecular complexity index is 1860. The Morgan fingerprint density at radius 3 is 2.06 bits per heavy atom. The first kappa shape index (κ1) is 51.5. The molecule has 5 aliphatic carbocycles. The molecular formula is C49H78O18. The second-order valence-electron chi connectivity index (χ2n) is 23.5. The van der Waals surface area contributed by atoms with E-state index in [-0.39, 0.29) is 46.0 Å². The van der Waals surface area contributed by atoms with Crippen LogP contribution in [-0.2, 0) is 42.7 Å². The fourth-order valence-corrected chi connectivity index (χ4v) is 15.0. The third kappa shape index (κ3) is 8.35. The molecule has 18 heteroatoms. The lowest BCUT2D eigenvalue weighted by molar-refractivity contribution is -0.379. The average molecular weight is 955 g/mol. The maximum atomic E-state index is 13.1. The van der Waals surface area contributed by atoms with Crippen molar-refractivity contribution in [1.29, 1.82) is 0 Å². The Hall–Kier alpha value is -1.88. The summed E-state index contributed by atoms with van der Waals surface area (Å²) in [6, 6.07) is 0. The summed E-state index contributed by atoms with van der Waals surface area (Å²) in [4.78, 5) is 25.2. The molecule has 8 aliphatic rings. The molecule has 0 radical (unpaired) electrons. The normalized spacial score (nSPS) is 52.9. The molecule has 23 atom stereocenters. The van der Waals surface area contributed by atoms with Gasteiger partial charge in [-0.2, -0.15) is 0 Å². The van der Waals surface area contributed by atoms with Gasteiger partial charge in [0.25, 0.3) is 0 Å². The Morgan fingerprint density at radius 1 is 0.731 bits per heavy atom. The lowest BCUT2D eigenvalue weighted by Gasteiger charge is -2.71. The number of esters is 1. The highest BCUT2D eigenvalue weighted by Gasteiger charge is 2.70. The van der Waals surface area contributed by atoms with Crippen LogP contribution in [0.15, 0.2) is 11.6 Å². The van der Waals surface area contributed by atoms with Crippen LogP contribution in [0.25, 0.3) is 0 Å². The molecule has 7 fully saturated rings. The number of aliphatic hydroxyl groups is 8. The van der Waals surface area contributed by atoms with Crippen LogP contribution in [-0.4, -0.2) is 170 Å². The predicted octanol–water partition coefficient (Wildman–Crippen LogP) is 1.92. The molecule has 67 heavy (non-hydrogen) atoms. The van der Waals surface area contributed by atoms with Crippen molar-refractivity contribution in [3.05, 3.63) is 11.6 Å². The smallest absolute Gasteiger partial charge is 0.310 e. The number of aliphatic hydroxyl groups excluding tert-OH is 8. The first-order chi connectivity index (χ1) is 31.3. The zero-order valence-corrected chi connectivity index (χ0v) is 40.4. The van der Waals surface area contributed by atoms with Gasteiger partial charge >= 0.3 is 11.9 Å². The summed E-state index contributed by atoms with van der Waals surface area (Å²) in [6.07, 6.45) is -12.2. The Kier molecular flexibility index (Phi) is 14.1. The summed E-state index contributed by atoms with van der Waals surface area (Å²) in [6.45, 7) is 15.3. The highest BCUT2D eigenvalue weighted by molar-refractivity contribution is 5.76. The average Bonchev–Trinajstić information content (AvgIpc) is 3.26. The van der Waals surface area contributed by atoms with E-state index in [1.165, 1.54) is 19.4 Å². The lowest BCUT2D eigenvalue weighted by Crippen LogP contribution is -2.67. The second-order valence-corrected chi connectivity index (χ2v) is 23.5. The number of carbonyl (C=O) groups excluding carboxylic acids is 1. The maximum absolute atomic E-state index is 13.1. The lowest BCUT2D eigenvalue weighted by atomic mass is 9.33. The van der Waals surface area contributed by atoms with Gasteiger partial charge in [-0.15, -0.1) is 0 Å². The van der Waals surface area contributed by atoms with E-state index in [0.29, 0.717) is 19.3 Å². The van der Waals surface area contributed by atoms with Crippen molar-refractivity contribution < 1.29 is 88.7 Å². The second kappa shape index (κ2) is 18.3. The number of ether oxygens (including phenoxy) is 7. The molecule has 9 N–H and O–H groups in total. The largest absolute Gasteiger partial charge is 0.481 e. The van der Waals surface area contributed by atoms with Crippen LogP contribution in [0.2, 0.25) is 0 Å². The molecule has 3 aliphatic heterocycles. The quantitative estimate of drug-likeness (QED) is 0.0859. The third-order valence-corrected chi connectivity index (χ3v) is 19.4. The number of carboxylic acids is 1. The van der Waals surface area contributed by atoms with Crippen molar-refractivity contribution in [3.63, 3.8) is 0 Å². The number of fused-ring (bicyclic) bond motifs is 7. The topological polar surface area (TPSA) is 281 Å². The van der Waals surface area contributed by atoms with Gasteiger partial charge in [0.05, 0.1) is 30.8 Å². The van der Waals surface area contributed by atoms with Gasteiger partial charge in [0.2, 0.25) is 0 Å². The maximum Gasteiger partial charge on any atom is 0.310 e. The fraction of sp³-hybridized carbons (Fsp3) is 0.918. The molecule has 18 nitrogen and oxygen atoms in total. The Balaban J connectivity index is 1.000. The van der Waals surface area contributed by atoms with Crippen LogP contribution in [0.4, 0.5) is 0 Å². The molecule has 0 bridgehead atoms. The first-order valence-electron chi connectivity index (χ1n) is 24.6. The number of allylic oxidation sites excluding steroid dienone is 2. The molecule has 0 amide bonds. The number of hydrogen-bond acceptors (Lipinski definition) is 17. The van der Waals surface area contributed by atoms with Crippen LogP contribution in [0.3, 0.4) is 0 Å². The van der Waals surface area contributed by atoms with Crippen molar-refractivity contribution >= 4 is 11.9 Å². The number of carboxylic acid groups (broad SMARTS) is 1. The SMILES string of the molecule is CC(=O)OC[C@@H]1O[C@H](O[C@H]2CC[C@@]3(C)[C@H](CC[C@]4(C)[C@@H]3CC=C3[C@@H]5CC(C)(C)CC[C@]5(C(=O)O)CC[C@]34C)[C@]2(C)CO)[C@@H](O)[C@H](O)[C@H]1O[C@@H]1O[C@H](C)[C@@H](O)[C@H](O[C@@H]2OC[C@H](O)[C@@H](O)[C@@H]2O)[C@@H]1O. The first-order valence-corrected chi connectivity index (χ1v) is 24.6. The monoisotopic (exact) mass is 955 g/mol. The molecule has 0 aromatic heterocycles. The fourth-order valence-electron chi connectivity index (χ4n) is 15.0. The number of hydrogen-bond donors (Lipinski definition) is 9. The molecule has 3 saturated heterocycles. The molecule has 0 spiro atoms. The van der Waals surface area contributed by atoms with E-state index in [4.69, 9.17) is 33.2 Å². The zero-order valence-electron chi connectivity index (χ0n) is 40.4. The number of rotatable bonds is 10. The van der Waals surface area contributed by atoms with Crippen molar-refractivity contribution in [3.8, 4) is 0 Å². The van der Waals surface area contributed by atoms with Crippen molar-refractivity contribution in [2.75, 3.05) is 19.8 Å². The summed E-state index contributed by atoms with van der Waals surface area (Å²) in [5.41, 5.74) is -0.724. The summed E-state index contributed by atoms with van der Waals surface area (Å²) < 4.78 is 41.3. The molecule has 8 rings (SSSR count). The number of carbonyl (C=O) groups is 2. The van der Waals surface area contributed by atoms with Gasteiger partial charge in [0.1, 0.15) is 67.6 Å². The summed E-state index contributed by atoms with van der Waals surface area (Å²) in [5.74, 6) is -1.12. The minimum Gasteiger partial charge on any atom is -0.481 e. The van der Waals surface area contributed by atoms with Gasteiger partial charge in [-0.1, -0.05) is 53.2 Å². The molecule has 0 aromatic rings. The van der Waals surface area contributed by atoms with Gasteiger partial charge in [0, 0.05) is 12.3 Å². The third-order valence-electron chi connectivity index (χ3n) is 19.4. The van der Waals surface area contributed by atoms with E-state index in [1.54, 1.807) is 0 Å². The van der Waals surface area contributed by atoms with Gasteiger partial charge in [-0.3, -0.25) is 9.59 Å². The minimum absolute atomic E-state index is 0.0130.